The Balaban J connectivity index is 0. The molecule has 0 spiro atoms. The zero-order chi connectivity index (χ0) is 0. The van der Waals surface area contributed by atoms with E-state index < -0.39 is 0 Å². The minimum atomic E-state index is 0. The van der Waals surface area contributed by atoms with Crippen molar-refractivity contribution in [1.82, 2.24) is 0 Å². The standard InChI is InChI=1S/2Ce.3O.2Ti/q2*+3;3*-2;;. The third kappa shape index (κ3) is 39.6. The van der Waals surface area contributed by atoms with E-state index in [1.807, 2.05) is 0 Å². The Hall–Kier alpha value is 4.06. The smallest absolute Gasteiger partial charge is 2.00 e. The molecule has 0 fully saturated rings. The van der Waals surface area contributed by atoms with E-state index in [4.69, 9.17) is 0 Å². The minimum Gasteiger partial charge on any atom is -2.00 e. The molecule has 0 aliphatic rings. The molecule has 0 amide bonds. The predicted molar refractivity (Wildman–Crippen MR) is 2.06 cm³/mol. The Bertz CT molecular complexity index is 10.9. The molecule has 0 rings (SSSR count). The Kier molecular flexibility index (Phi) is 486. The zero-order valence-corrected chi connectivity index (χ0v) is 12.6. The molecular weight excluding hydrogens is 424 g/mol. The summed E-state index contributed by atoms with van der Waals surface area (Å²) >= 11 is 0. The van der Waals surface area contributed by atoms with E-state index in [1.54, 1.807) is 0 Å². The Morgan fingerprint density at radius 1 is 0.429 bits per heavy atom. The van der Waals surface area contributed by atoms with Gasteiger partial charge in [0.05, 0.1) is 0 Å². The fourth-order valence-corrected chi connectivity index (χ4v) is 0. The molecule has 34 valence electrons. The normalized spacial score (nSPS) is 0. The SMILES string of the molecule is [Ce+3].[Ce+3].[O-2].[O-2].[O-2].[Ti].[Ti]. The molecule has 0 heterocycles. The maximum Gasteiger partial charge on any atom is 3.00 e. The molecule has 0 aromatic carbocycles. The van der Waals surface area contributed by atoms with Gasteiger partial charge in [0.2, 0.25) is 0 Å². The van der Waals surface area contributed by atoms with E-state index in [-0.39, 0.29) is 143 Å². The maximum absolute atomic E-state index is 0. The first kappa shape index (κ1) is 67.9. The van der Waals surface area contributed by atoms with E-state index in [1.165, 1.54) is 0 Å². The summed E-state index contributed by atoms with van der Waals surface area (Å²) in [4.78, 5) is 0. The fourth-order valence-electron chi connectivity index (χ4n) is 0. The van der Waals surface area contributed by atoms with Crippen molar-refractivity contribution in [3.63, 3.8) is 0 Å². The molecule has 2 radical (unpaired) electrons. The maximum atomic E-state index is 0. The molecule has 0 saturated heterocycles. The summed E-state index contributed by atoms with van der Waals surface area (Å²) < 4.78 is 0. The topological polar surface area (TPSA) is 85.5 Å². The molecule has 0 N–H and O–H groups in total. The largest absolute Gasteiger partial charge is 3.00 e. The van der Waals surface area contributed by atoms with Gasteiger partial charge in [0, 0.05) is 43.4 Å². The third-order valence-electron chi connectivity index (χ3n) is 0. The van der Waals surface area contributed by atoms with Crippen LogP contribution in [0, 0.1) is 83.5 Å². The van der Waals surface area contributed by atoms with Crippen molar-refractivity contribution >= 4 is 0 Å². The molecule has 0 unspecified atom stereocenters. The first-order chi connectivity index (χ1) is 0. The third-order valence-corrected chi connectivity index (χ3v) is 0. The summed E-state index contributed by atoms with van der Waals surface area (Å²) in [6.07, 6.45) is 0. The van der Waals surface area contributed by atoms with E-state index in [2.05, 4.69) is 0 Å². The van der Waals surface area contributed by atoms with Crippen LogP contribution in [0.3, 0.4) is 0 Å². The van der Waals surface area contributed by atoms with Gasteiger partial charge in [-0.2, -0.15) is 0 Å². The number of hydrogen-bond donors (Lipinski definition) is 0. The summed E-state index contributed by atoms with van der Waals surface area (Å²) in [5.41, 5.74) is 0. The number of hydrogen-bond acceptors (Lipinski definition) is 0. The van der Waals surface area contributed by atoms with Gasteiger partial charge in [-0.05, 0) is 0 Å². The molecule has 0 aromatic heterocycles. The predicted octanol–water partition coefficient (Wildman–Crippen LogP) is -0.361. The van der Waals surface area contributed by atoms with E-state index in [0.717, 1.165) is 0 Å². The molecule has 0 aliphatic carbocycles. The second-order valence-corrected chi connectivity index (χ2v) is 0. The monoisotopic (exact) mass is 424 g/mol. The van der Waals surface area contributed by atoms with Crippen LogP contribution >= 0.6 is 0 Å². The summed E-state index contributed by atoms with van der Waals surface area (Å²) in [5, 5.41) is 0. The molecule has 0 aliphatic heterocycles. The molecule has 0 atom stereocenters. The van der Waals surface area contributed by atoms with Crippen LogP contribution in [0.5, 0.6) is 0 Å². The van der Waals surface area contributed by atoms with E-state index >= 15 is 0 Å². The van der Waals surface area contributed by atoms with Gasteiger partial charge in [0.15, 0.2) is 0 Å². The van der Waals surface area contributed by atoms with Crippen molar-refractivity contribution in [2.75, 3.05) is 0 Å². The quantitative estimate of drug-likeness (QED) is 0.476. The first-order valence-electron chi connectivity index (χ1n) is 0. The van der Waals surface area contributed by atoms with Gasteiger partial charge in [-0.1, -0.05) is 0 Å². The van der Waals surface area contributed by atoms with Crippen LogP contribution in [-0.2, 0) is 59.9 Å². The summed E-state index contributed by atoms with van der Waals surface area (Å²) in [5.74, 6) is 0. The van der Waals surface area contributed by atoms with Crippen molar-refractivity contribution < 1.29 is 143 Å². The van der Waals surface area contributed by atoms with Crippen molar-refractivity contribution in [3.05, 3.63) is 0 Å². The fraction of sp³-hybridized carbons (Fsp3) is 0. The van der Waals surface area contributed by atoms with Gasteiger partial charge >= 0.3 is 83.5 Å². The van der Waals surface area contributed by atoms with Crippen molar-refractivity contribution in [1.29, 1.82) is 0 Å². The van der Waals surface area contributed by atoms with Crippen molar-refractivity contribution in [3.8, 4) is 0 Å². The van der Waals surface area contributed by atoms with Gasteiger partial charge in [0.25, 0.3) is 0 Å². The molecular formula is Ce2O3Ti2. The van der Waals surface area contributed by atoms with Crippen LogP contribution in [0.1, 0.15) is 0 Å². The molecule has 0 aromatic rings. The average Bonchev–Trinajstić information content (AvgIpc) is 0. The molecule has 7 heavy (non-hydrogen) atoms. The van der Waals surface area contributed by atoms with Gasteiger partial charge < -0.3 is 16.4 Å². The van der Waals surface area contributed by atoms with Crippen LogP contribution < -0.4 is 0 Å². The van der Waals surface area contributed by atoms with Crippen LogP contribution in [0.25, 0.3) is 0 Å². The summed E-state index contributed by atoms with van der Waals surface area (Å²) in [7, 11) is 0. The van der Waals surface area contributed by atoms with Gasteiger partial charge in [-0.15, -0.1) is 0 Å². The molecule has 0 saturated carbocycles. The van der Waals surface area contributed by atoms with Crippen LogP contribution in [0.15, 0.2) is 0 Å². The Labute approximate surface area is 140 Å². The Morgan fingerprint density at radius 3 is 0.429 bits per heavy atom. The van der Waals surface area contributed by atoms with Crippen molar-refractivity contribution in [2.45, 2.75) is 0 Å². The van der Waals surface area contributed by atoms with Crippen molar-refractivity contribution in [2.24, 2.45) is 0 Å². The number of rotatable bonds is 0. The minimum absolute atomic E-state index is 0. The second kappa shape index (κ2) is 50.1. The zero-order valence-electron chi connectivity index (χ0n) is 3.22. The van der Waals surface area contributed by atoms with Gasteiger partial charge in [-0.3, -0.25) is 0 Å². The van der Waals surface area contributed by atoms with E-state index in [0.29, 0.717) is 0 Å². The summed E-state index contributed by atoms with van der Waals surface area (Å²) in [6, 6.07) is 0. The molecule has 3 nitrogen and oxygen atoms in total. The second-order valence-electron chi connectivity index (χ2n) is 0. The Morgan fingerprint density at radius 2 is 0.429 bits per heavy atom. The average molecular weight is 424 g/mol. The molecule has 0 bridgehead atoms. The molecule has 7 heteroatoms. The van der Waals surface area contributed by atoms with Gasteiger partial charge in [0.1, 0.15) is 0 Å². The van der Waals surface area contributed by atoms with E-state index in [9.17, 15) is 0 Å². The first-order valence-corrected chi connectivity index (χ1v) is 0. The van der Waals surface area contributed by atoms with Crippen LogP contribution in [0.4, 0.5) is 0 Å². The summed E-state index contributed by atoms with van der Waals surface area (Å²) in [6.45, 7) is 0. The van der Waals surface area contributed by atoms with Crippen LogP contribution in [-0.4, -0.2) is 0 Å². The van der Waals surface area contributed by atoms with Gasteiger partial charge in [-0.25, -0.2) is 0 Å². The van der Waals surface area contributed by atoms with Crippen LogP contribution in [0.2, 0.25) is 0 Å².